The molecule has 176 valence electrons. The Hall–Kier alpha value is -4.14. The highest BCUT2D eigenvalue weighted by Crippen LogP contribution is 2.44. The zero-order chi connectivity index (χ0) is 24.1. The number of rotatable bonds is 9. The molecule has 0 aliphatic heterocycles. The second-order valence-corrected chi connectivity index (χ2v) is 8.19. The Bertz CT molecular complexity index is 1130. The number of hydrogen-bond donors (Lipinski definition) is 3. The molecular formula is C25H26N4O5. The summed E-state index contributed by atoms with van der Waals surface area (Å²) in [7, 11) is 1.57. The van der Waals surface area contributed by atoms with Crippen molar-refractivity contribution in [2.45, 2.75) is 31.3 Å². The van der Waals surface area contributed by atoms with Gasteiger partial charge in [-0.2, -0.15) is 0 Å². The van der Waals surface area contributed by atoms with Gasteiger partial charge in [0.2, 0.25) is 5.91 Å². The minimum Gasteiger partial charge on any atom is -0.481 e. The van der Waals surface area contributed by atoms with Crippen LogP contribution in [0.3, 0.4) is 0 Å². The van der Waals surface area contributed by atoms with Crippen molar-refractivity contribution in [1.82, 2.24) is 20.2 Å². The number of aromatic nitrogens is 2. The maximum Gasteiger partial charge on any atom is 0.407 e. The summed E-state index contributed by atoms with van der Waals surface area (Å²) in [6, 6.07) is 14.9. The Morgan fingerprint density at radius 2 is 1.76 bits per heavy atom. The molecule has 9 heteroatoms. The lowest BCUT2D eigenvalue weighted by Gasteiger charge is -2.24. The Balaban J connectivity index is 1.41. The van der Waals surface area contributed by atoms with E-state index in [2.05, 4.69) is 15.3 Å². The topological polar surface area (TPSA) is 125 Å². The monoisotopic (exact) mass is 462 g/mol. The highest BCUT2D eigenvalue weighted by atomic mass is 16.5. The zero-order valence-corrected chi connectivity index (χ0v) is 18.7. The summed E-state index contributed by atoms with van der Waals surface area (Å²) >= 11 is 0. The molecule has 1 aliphatic rings. The molecule has 0 radical (unpaired) electrons. The fourth-order valence-electron chi connectivity index (χ4n) is 4.26. The number of alkyl carbamates (subject to hydrolysis) is 1. The molecule has 0 fully saturated rings. The second-order valence-electron chi connectivity index (χ2n) is 8.19. The van der Waals surface area contributed by atoms with E-state index in [9.17, 15) is 14.4 Å². The summed E-state index contributed by atoms with van der Waals surface area (Å²) in [5.41, 5.74) is 4.38. The standard InChI is InChI=1S/C25H26N4O5/c1-29(14-22-26-12-13-27-22)24(32)21(10-11-23(30)31)28-25(33)34-15-20-18-8-4-2-6-16(18)17-7-3-5-9-19(17)20/h2-9,12-13,20-21H,10-11,14-15H2,1H3,(H,26,27)(H,28,33)(H,30,31). The quantitative estimate of drug-likeness (QED) is 0.449. The number of nitrogens with zero attached hydrogens (tertiary/aromatic N) is 2. The van der Waals surface area contributed by atoms with Crippen LogP contribution < -0.4 is 5.32 Å². The fraction of sp³-hybridized carbons (Fsp3) is 0.280. The van der Waals surface area contributed by atoms with Crippen LogP contribution in [0, 0.1) is 0 Å². The average molecular weight is 463 g/mol. The molecule has 1 atom stereocenters. The van der Waals surface area contributed by atoms with E-state index in [1.54, 1.807) is 19.4 Å². The lowest BCUT2D eigenvalue weighted by molar-refractivity contribution is -0.138. The molecule has 1 heterocycles. The molecule has 0 saturated carbocycles. The first kappa shape index (κ1) is 23.0. The number of hydrogen-bond acceptors (Lipinski definition) is 5. The number of aromatic amines is 1. The maximum atomic E-state index is 12.9. The van der Waals surface area contributed by atoms with E-state index < -0.39 is 24.0 Å². The molecule has 1 unspecified atom stereocenters. The number of imidazole rings is 1. The molecule has 1 aliphatic carbocycles. The lowest BCUT2D eigenvalue weighted by atomic mass is 9.98. The van der Waals surface area contributed by atoms with Gasteiger partial charge in [0, 0.05) is 31.8 Å². The van der Waals surface area contributed by atoms with Crippen LogP contribution in [0.15, 0.2) is 60.9 Å². The van der Waals surface area contributed by atoms with Gasteiger partial charge in [-0.05, 0) is 28.7 Å². The third kappa shape index (κ3) is 5.09. The van der Waals surface area contributed by atoms with Crippen molar-refractivity contribution in [3.63, 3.8) is 0 Å². The predicted octanol–water partition coefficient (Wildman–Crippen LogP) is 3.14. The van der Waals surface area contributed by atoms with Crippen LogP contribution in [0.25, 0.3) is 11.1 Å². The second kappa shape index (κ2) is 10.2. The van der Waals surface area contributed by atoms with Crippen molar-refractivity contribution in [1.29, 1.82) is 0 Å². The highest BCUT2D eigenvalue weighted by molar-refractivity contribution is 5.86. The van der Waals surface area contributed by atoms with Gasteiger partial charge in [-0.25, -0.2) is 9.78 Å². The third-order valence-corrected chi connectivity index (χ3v) is 5.90. The van der Waals surface area contributed by atoms with E-state index in [4.69, 9.17) is 9.84 Å². The van der Waals surface area contributed by atoms with Gasteiger partial charge in [0.15, 0.2) is 0 Å². The minimum atomic E-state index is -1.05. The number of nitrogens with one attached hydrogen (secondary N) is 2. The number of aliphatic carboxylic acids is 1. The summed E-state index contributed by atoms with van der Waals surface area (Å²) in [5.74, 6) is -1.02. The van der Waals surface area contributed by atoms with Gasteiger partial charge in [0.05, 0.1) is 6.54 Å². The normalized spacial score (nSPS) is 13.0. The molecule has 2 aromatic carbocycles. The maximum absolute atomic E-state index is 12.9. The van der Waals surface area contributed by atoms with Gasteiger partial charge in [0.1, 0.15) is 18.5 Å². The Kier molecular flexibility index (Phi) is 6.91. The van der Waals surface area contributed by atoms with Gasteiger partial charge in [-0.3, -0.25) is 9.59 Å². The van der Waals surface area contributed by atoms with Crippen molar-refractivity contribution in [2.24, 2.45) is 0 Å². The lowest BCUT2D eigenvalue weighted by Crippen LogP contribution is -2.47. The number of carboxylic acids is 1. The van der Waals surface area contributed by atoms with Crippen LogP contribution in [0.1, 0.15) is 35.7 Å². The minimum absolute atomic E-state index is 0.0547. The summed E-state index contributed by atoms with van der Waals surface area (Å²) < 4.78 is 5.53. The number of carboxylic acid groups (broad SMARTS) is 1. The number of likely N-dealkylation sites (N-methyl/N-ethyl adjacent to an activating group) is 1. The number of carbonyl (C=O) groups excluding carboxylic acids is 2. The summed E-state index contributed by atoms with van der Waals surface area (Å²) in [6.45, 7) is 0.295. The number of ether oxygens (including phenoxy) is 1. The van der Waals surface area contributed by atoms with Crippen LogP contribution >= 0.6 is 0 Å². The van der Waals surface area contributed by atoms with Crippen molar-refractivity contribution in [3.05, 3.63) is 77.9 Å². The molecule has 0 saturated heterocycles. The van der Waals surface area contributed by atoms with E-state index in [-0.39, 0.29) is 31.9 Å². The van der Waals surface area contributed by atoms with Crippen molar-refractivity contribution < 1.29 is 24.2 Å². The molecule has 2 amide bonds. The third-order valence-electron chi connectivity index (χ3n) is 5.90. The van der Waals surface area contributed by atoms with Gasteiger partial charge < -0.3 is 25.0 Å². The molecule has 3 N–H and O–H groups in total. The van der Waals surface area contributed by atoms with E-state index >= 15 is 0 Å². The van der Waals surface area contributed by atoms with Crippen LogP contribution in [0.4, 0.5) is 4.79 Å². The Morgan fingerprint density at radius 1 is 1.12 bits per heavy atom. The predicted molar refractivity (Wildman–Crippen MR) is 124 cm³/mol. The first-order valence-corrected chi connectivity index (χ1v) is 11.0. The van der Waals surface area contributed by atoms with E-state index in [1.807, 2.05) is 48.5 Å². The molecule has 3 aromatic rings. The Morgan fingerprint density at radius 3 is 2.35 bits per heavy atom. The van der Waals surface area contributed by atoms with Crippen LogP contribution in [-0.2, 0) is 20.9 Å². The molecule has 0 bridgehead atoms. The van der Waals surface area contributed by atoms with Crippen LogP contribution in [-0.4, -0.2) is 57.6 Å². The number of benzene rings is 2. The zero-order valence-electron chi connectivity index (χ0n) is 18.7. The number of H-pyrrole nitrogens is 1. The summed E-state index contributed by atoms with van der Waals surface area (Å²) in [6.07, 6.45) is 2.13. The molecule has 1 aromatic heterocycles. The summed E-state index contributed by atoms with van der Waals surface area (Å²) in [4.78, 5) is 45.0. The van der Waals surface area contributed by atoms with Crippen molar-refractivity contribution in [3.8, 4) is 11.1 Å². The smallest absolute Gasteiger partial charge is 0.407 e. The van der Waals surface area contributed by atoms with Gasteiger partial charge in [0.25, 0.3) is 0 Å². The molecular weight excluding hydrogens is 436 g/mol. The Labute approximate surface area is 196 Å². The molecule has 0 spiro atoms. The van der Waals surface area contributed by atoms with Crippen molar-refractivity contribution in [2.75, 3.05) is 13.7 Å². The van der Waals surface area contributed by atoms with E-state index in [0.29, 0.717) is 5.82 Å². The average Bonchev–Trinajstić information content (AvgIpc) is 3.46. The highest BCUT2D eigenvalue weighted by Gasteiger charge is 2.30. The fourth-order valence-corrected chi connectivity index (χ4v) is 4.26. The van der Waals surface area contributed by atoms with Gasteiger partial charge in [-0.1, -0.05) is 48.5 Å². The number of amides is 2. The molecule has 9 nitrogen and oxygen atoms in total. The molecule has 34 heavy (non-hydrogen) atoms. The largest absolute Gasteiger partial charge is 0.481 e. The number of carbonyl (C=O) groups is 3. The number of fused-ring (bicyclic) bond motifs is 3. The van der Waals surface area contributed by atoms with E-state index in [0.717, 1.165) is 22.3 Å². The first-order valence-electron chi connectivity index (χ1n) is 11.0. The SMILES string of the molecule is CN(Cc1ncc[nH]1)C(=O)C(CCC(=O)O)NC(=O)OCC1c2ccccc2-c2ccccc21. The molecule has 4 rings (SSSR count). The first-order chi connectivity index (χ1) is 16.4. The van der Waals surface area contributed by atoms with Gasteiger partial charge >= 0.3 is 12.1 Å². The van der Waals surface area contributed by atoms with Gasteiger partial charge in [-0.15, -0.1) is 0 Å². The van der Waals surface area contributed by atoms with Crippen LogP contribution in [0.2, 0.25) is 0 Å². The van der Waals surface area contributed by atoms with Crippen LogP contribution in [0.5, 0.6) is 0 Å². The van der Waals surface area contributed by atoms with Crippen molar-refractivity contribution >= 4 is 18.0 Å². The van der Waals surface area contributed by atoms with E-state index in [1.165, 1.54) is 4.90 Å². The summed E-state index contributed by atoms with van der Waals surface area (Å²) in [5, 5.41) is 11.6.